The summed E-state index contributed by atoms with van der Waals surface area (Å²) in [7, 11) is 0. The fraction of sp³-hybridized carbons (Fsp3) is 0.438. The number of aliphatic carboxylic acids is 1. The van der Waals surface area contributed by atoms with Crippen LogP contribution in [-0.2, 0) is 14.4 Å². The van der Waals surface area contributed by atoms with Gasteiger partial charge in [-0.15, -0.1) is 33.3 Å². The third kappa shape index (κ3) is 4.14. The molecule has 31 heavy (non-hydrogen) atoms. The molecular formula is C16H16N6O5S4. The maximum absolute atomic E-state index is 12.6. The van der Waals surface area contributed by atoms with Gasteiger partial charge in [0.25, 0.3) is 11.7 Å². The number of carbonyl (C=O) groups is 4. The normalized spacial score (nSPS) is 24.9. The Bertz CT molecular complexity index is 1070. The lowest BCUT2D eigenvalue weighted by Gasteiger charge is -2.53. The minimum atomic E-state index is -1.15. The zero-order valence-electron chi connectivity index (χ0n) is 15.9. The molecule has 4 rings (SSSR count). The molecule has 0 aliphatic carbocycles. The van der Waals surface area contributed by atoms with Gasteiger partial charge in [0.05, 0.1) is 0 Å². The van der Waals surface area contributed by atoms with E-state index in [1.807, 2.05) is 6.92 Å². The topological polar surface area (TPSA) is 168 Å². The summed E-state index contributed by atoms with van der Waals surface area (Å²) >= 11 is 4.99. The molecular weight excluding hydrogens is 484 g/mol. The summed E-state index contributed by atoms with van der Waals surface area (Å²) < 4.78 is 0.673. The van der Waals surface area contributed by atoms with Gasteiger partial charge >= 0.3 is 5.97 Å². The lowest BCUT2D eigenvalue weighted by molar-refractivity contribution is -0.157. The number of aromatic nitrogens is 3. The number of carbonyl (C=O) groups excluding carboxylic acids is 3. The molecule has 2 saturated heterocycles. The Morgan fingerprint density at radius 2 is 2.19 bits per heavy atom. The van der Waals surface area contributed by atoms with E-state index < -0.39 is 40.4 Å². The number of ketones is 1. The molecule has 2 aliphatic heterocycles. The molecule has 2 fully saturated rings. The van der Waals surface area contributed by atoms with Crippen LogP contribution in [0.5, 0.6) is 0 Å². The van der Waals surface area contributed by atoms with E-state index in [1.54, 1.807) is 0 Å². The second-order valence-corrected chi connectivity index (χ2v) is 11.4. The van der Waals surface area contributed by atoms with Crippen LogP contribution in [-0.4, -0.2) is 78.2 Å². The SMILES string of the molecule is Cc1nnc(SCC2(C(=O)O)CS[C@@H]3C(NC(=O)C(=O)c4csc(N)n4)C(=O)N3C2)s1. The number of fused-ring (bicyclic) bond motifs is 1. The molecule has 2 aromatic heterocycles. The van der Waals surface area contributed by atoms with Gasteiger partial charge < -0.3 is 21.1 Å². The standard InChI is InChI=1S/C16H16N6O5S4/c1-6-20-21-15(31-6)30-5-16(13(26)27)3-22-11(25)8(12(22)29-4-16)19-10(24)9(23)7-2-28-14(17)18-7/h2,8,12H,3-5H2,1H3,(H2,17,18)(H,19,24)(H,26,27)/t8?,12-,16?/m1/s1. The molecule has 0 bridgehead atoms. The fourth-order valence-electron chi connectivity index (χ4n) is 3.16. The summed E-state index contributed by atoms with van der Waals surface area (Å²) in [5.41, 5.74) is 4.26. The minimum Gasteiger partial charge on any atom is -0.481 e. The molecule has 0 spiro atoms. The van der Waals surface area contributed by atoms with Crippen LogP contribution in [0.15, 0.2) is 9.72 Å². The van der Waals surface area contributed by atoms with Crippen LogP contribution in [0, 0.1) is 12.3 Å². The molecule has 2 unspecified atom stereocenters. The number of carboxylic acid groups (broad SMARTS) is 1. The van der Waals surface area contributed by atoms with Crippen LogP contribution in [0.25, 0.3) is 0 Å². The number of carboxylic acids is 1. The molecule has 3 atom stereocenters. The number of anilines is 1. The van der Waals surface area contributed by atoms with Gasteiger partial charge in [-0.3, -0.25) is 19.2 Å². The zero-order chi connectivity index (χ0) is 22.3. The van der Waals surface area contributed by atoms with E-state index in [2.05, 4.69) is 20.5 Å². The Morgan fingerprint density at radius 3 is 2.81 bits per heavy atom. The van der Waals surface area contributed by atoms with E-state index in [9.17, 15) is 24.3 Å². The van der Waals surface area contributed by atoms with Crippen LogP contribution in [0.4, 0.5) is 5.13 Å². The van der Waals surface area contributed by atoms with E-state index >= 15 is 0 Å². The second-order valence-electron chi connectivity index (χ2n) is 6.98. The molecule has 2 aromatic rings. The second kappa shape index (κ2) is 8.37. The first-order chi connectivity index (χ1) is 14.7. The number of rotatable bonds is 7. The molecule has 11 nitrogen and oxygen atoms in total. The average molecular weight is 501 g/mol. The fourth-order valence-corrected chi connectivity index (χ4v) is 7.38. The highest BCUT2D eigenvalue weighted by molar-refractivity contribution is 8.01. The Balaban J connectivity index is 1.39. The number of nitrogens with zero attached hydrogens (tertiary/aromatic N) is 4. The highest BCUT2D eigenvalue weighted by Crippen LogP contribution is 2.44. The number of Topliss-reactive ketones (excluding diaryl/α,β-unsaturated/α-hetero) is 1. The number of amides is 2. The third-order valence-corrected chi connectivity index (χ3v) is 9.35. The highest BCUT2D eigenvalue weighted by Gasteiger charge is 2.57. The number of thiazole rings is 1. The third-order valence-electron chi connectivity index (χ3n) is 4.83. The quantitative estimate of drug-likeness (QED) is 0.207. The van der Waals surface area contributed by atoms with Gasteiger partial charge in [0.1, 0.15) is 27.5 Å². The van der Waals surface area contributed by atoms with Crippen molar-refractivity contribution in [2.24, 2.45) is 5.41 Å². The van der Waals surface area contributed by atoms with Crippen LogP contribution >= 0.6 is 46.2 Å². The molecule has 2 aliphatic rings. The van der Waals surface area contributed by atoms with Crippen molar-refractivity contribution in [2.75, 3.05) is 23.8 Å². The van der Waals surface area contributed by atoms with Gasteiger partial charge in [0, 0.05) is 23.4 Å². The lowest BCUT2D eigenvalue weighted by atomic mass is 9.89. The number of thioether (sulfide) groups is 2. The summed E-state index contributed by atoms with van der Waals surface area (Å²) in [6.07, 6.45) is 0. The smallest absolute Gasteiger partial charge is 0.313 e. The number of hydrogen-bond acceptors (Lipinski definition) is 12. The Kier molecular flexibility index (Phi) is 5.93. The van der Waals surface area contributed by atoms with Crippen molar-refractivity contribution in [1.29, 1.82) is 0 Å². The maximum atomic E-state index is 12.6. The molecule has 4 heterocycles. The van der Waals surface area contributed by atoms with Crippen molar-refractivity contribution in [1.82, 2.24) is 25.4 Å². The zero-order valence-corrected chi connectivity index (χ0v) is 19.2. The van der Waals surface area contributed by atoms with Crippen LogP contribution < -0.4 is 11.1 Å². The van der Waals surface area contributed by atoms with Crippen LogP contribution in [0.3, 0.4) is 0 Å². The summed E-state index contributed by atoms with van der Waals surface area (Å²) in [6.45, 7) is 1.84. The number of hydrogen-bond donors (Lipinski definition) is 3. The van der Waals surface area contributed by atoms with Crippen molar-refractivity contribution in [3.8, 4) is 0 Å². The Labute approximate surface area is 192 Å². The molecule has 15 heteroatoms. The predicted octanol–water partition coefficient (Wildman–Crippen LogP) is 0.331. The molecule has 0 radical (unpaired) electrons. The molecule has 164 valence electrons. The predicted molar refractivity (Wildman–Crippen MR) is 116 cm³/mol. The summed E-state index contributed by atoms with van der Waals surface area (Å²) in [4.78, 5) is 54.3. The Morgan fingerprint density at radius 1 is 1.42 bits per heavy atom. The van der Waals surface area contributed by atoms with Gasteiger partial charge in [-0.2, -0.15) is 0 Å². The largest absolute Gasteiger partial charge is 0.481 e. The number of β-lactam (4-membered cyclic amide) rings is 1. The first-order valence-corrected chi connectivity index (χ1v) is 12.6. The van der Waals surface area contributed by atoms with Gasteiger partial charge in [-0.1, -0.05) is 23.1 Å². The highest BCUT2D eigenvalue weighted by atomic mass is 32.2. The number of nitrogens with one attached hydrogen (secondary N) is 1. The van der Waals surface area contributed by atoms with Gasteiger partial charge in [0.15, 0.2) is 9.47 Å². The molecule has 2 amide bonds. The van der Waals surface area contributed by atoms with Crippen molar-refractivity contribution >= 4 is 74.9 Å². The van der Waals surface area contributed by atoms with Crippen LogP contribution in [0.2, 0.25) is 0 Å². The van der Waals surface area contributed by atoms with E-state index in [4.69, 9.17) is 5.73 Å². The van der Waals surface area contributed by atoms with Crippen molar-refractivity contribution < 1.29 is 24.3 Å². The van der Waals surface area contributed by atoms with Crippen molar-refractivity contribution in [2.45, 2.75) is 22.7 Å². The molecule has 0 saturated carbocycles. The van der Waals surface area contributed by atoms with Gasteiger partial charge in [-0.25, -0.2) is 4.98 Å². The lowest BCUT2D eigenvalue weighted by Crippen LogP contribution is -2.74. The minimum absolute atomic E-state index is 0.0204. The molecule has 0 aromatic carbocycles. The maximum Gasteiger partial charge on any atom is 0.313 e. The van der Waals surface area contributed by atoms with E-state index in [0.717, 1.165) is 16.3 Å². The van der Waals surface area contributed by atoms with Crippen molar-refractivity contribution in [3.05, 3.63) is 16.1 Å². The first kappa shape index (κ1) is 22.0. The van der Waals surface area contributed by atoms with Crippen LogP contribution in [0.1, 0.15) is 15.5 Å². The first-order valence-electron chi connectivity index (χ1n) is 8.85. The van der Waals surface area contributed by atoms with Crippen molar-refractivity contribution in [3.63, 3.8) is 0 Å². The number of aryl methyl sites for hydroxylation is 1. The van der Waals surface area contributed by atoms with Gasteiger partial charge in [0.2, 0.25) is 5.91 Å². The summed E-state index contributed by atoms with van der Waals surface area (Å²) in [5.74, 6) is -2.74. The molecule has 4 N–H and O–H groups in total. The number of nitrogen functional groups attached to an aromatic ring is 1. The Hall–Kier alpha value is -2.23. The monoisotopic (exact) mass is 500 g/mol. The number of nitrogens with two attached hydrogens (primary N) is 1. The average Bonchev–Trinajstić information content (AvgIpc) is 3.37. The van der Waals surface area contributed by atoms with E-state index in [1.165, 1.54) is 45.1 Å². The van der Waals surface area contributed by atoms with E-state index in [-0.39, 0.29) is 28.9 Å². The summed E-state index contributed by atoms with van der Waals surface area (Å²) in [5, 5.41) is 22.1. The summed E-state index contributed by atoms with van der Waals surface area (Å²) in [6, 6.07) is -0.886. The van der Waals surface area contributed by atoms with E-state index in [0.29, 0.717) is 4.34 Å². The van der Waals surface area contributed by atoms with Gasteiger partial charge in [-0.05, 0) is 6.92 Å².